The van der Waals surface area contributed by atoms with Crippen molar-refractivity contribution in [2.45, 2.75) is 19.8 Å². The van der Waals surface area contributed by atoms with Crippen LogP contribution in [0.2, 0.25) is 0 Å². The van der Waals surface area contributed by atoms with Crippen LogP contribution < -0.4 is 4.84 Å². The van der Waals surface area contributed by atoms with Crippen molar-refractivity contribution in [2.24, 2.45) is 0 Å². The predicted octanol–water partition coefficient (Wildman–Crippen LogP) is 1.45. The zero-order chi connectivity index (χ0) is 11.5. The quantitative estimate of drug-likeness (QED) is 0.849. The molecule has 0 spiro atoms. The molecule has 0 amide bonds. The molecule has 0 aliphatic rings. The molecule has 0 unspecified atom stereocenters. The van der Waals surface area contributed by atoms with Crippen molar-refractivity contribution in [3.63, 3.8) is 0 Å². The number of aromatic hydroxyl groups is 1. The van der Waals surface area contributed by atoms with Crippen LogP contribution in [-0.2, 0) is 4.79 Å². The van der Waals surface area contributed by atoms with E-state index < -0.39 is 0 Å². The number of aromatic nitrogens is 1. The van der Waals surface area contributed by atoms with Gasteiger partial charge >= 0.3 is 57.4 Å². The van der Waals surface area contributed by atoms with Crippen LogP contribution in [0.3, 0.4) is 0 Å². The van der Waals surface area contributed by atoms with Gasteiger partial charge in [0.05, 0.1) is 11.7 Å². The van der Waals surface area contributed by atoms with Gasteiger partial charge in [-0.05, 0) is 18.6 Å². The molecule has 0 saturated carbocycles. The van der Waals surface area contributed by atoms with Crippen molar-refractivity contribution in [2.75, 3.05) is 0 Å². The maximum absolute atomic E-state index is 11.3. The zero-order valence-corrected chi connectivity index (χ0v) is 9.01. The van der Waals surface area contributed by atoms with Gasteiger partial charge in [0.1, 0.15) is 5.75 Å². The van der Waals surface area contributed by atoms with Crippen LogP contribution >= 0.6 is 0 Å². The first-order chi connectivity index (χ1) is 7.72. The molecular weight excluding hydrogens is 245 g/mol. The monoisotopic (exact) mass is 259 g/mol. The van der Waals surface area contributed by atoms with Gasteiger partial charge in [-0.15, -0.1) is 0 Å². The van der Waals surface area contributed by atoms with Gasteiger partial charge < -0.3 is 9.94 Å². The minimum atomic E-state index is -0.303. The SMILES string of the molecule is CCCC(=O)On1cc(O)c2ccccc21.[KH]. The number of nitrogens with zero attached hydrogens (tertiary/aromatic N) is 1. The fraction of sp³-hybridized carbons (Fsp3) is 0.250. The number of benzene rings is 1. The molecule has 4 nitrogen and oxygen atoms in total. The Labute approximate surface area is 142 Å². The van der Waals surface area contributed by atoms with E-state index in [2.05, 4.69) is 0 Å². The Hall–Kier alpha value is -0.334. The van der Waals surface area contributed by atoms with E-state index in [9.17, 15) is 9.90 Å². The standard InChI is InChI=1S/C12H13NO3.K.H/c1-2-5-12(15)16-13-8-11(14)9-6-3-4-7-10(9)13;;/h3-4,6-8,14H,2,5H2,1H3;;. The van der Waals surface area contributed by atoms with E-state index in [0.717, 1.165) is 6.42 Å². The predicted molar refractivity (Wildman–Crippen MR) is 67.2 cm³/mol. The van der Waals surface area contributed by atoms with E-state index in [0.29, 0.717) is 17.3 Å². The summed E-state index contributed by atoms with van der Waals surface area (Å²) in [6.07, 6.45) is 2.51. The van der Waals surface area contributed by atoms with Crippen LogP contribution in [0.25, 0.3) is 10.9 Å². The van der Waals surface area contributed by atoms with Gasteiger partial charge in [0.2, 0.25) is 0 Å². The summed E-state index contributed by atoms with van der Waals surface area (Å²) < 4.78 is 1.31. The summed E-state index contributed by atoms with van der Waals surface area (Å²) in [6, 6.07) is 7.20. The summed E-state index contributed by atoms with van der Waals surface area (Å²) in [5, 5.41) is 10.3. The van der Waals surface area contributed by atoms with Crippen LogP contribution in [0.4, 0.5) is 0 Å². The fourth-order valence-electron chi connectivity index (χ4n) is 1.57. The van der Waals surface area contributed by atoms with Gasteiger partial charge in [0, 0.05) is 11.8 Å². The van der Waals surface area contributed by atoms with Gasteiger partial charge in [-0.25, -0.2) is 4.79 Å². The number of carbonyl (C=O) groups excluding carboxylic acids is 1. The van der Waals surface area contributed by atoms with Crippen molar-refractivity contribution >= 4 is 68.3 Å². The molecule has 1 aromatic heterocycles. The summed E-state index contributed by atoms with van der Waals surface area (Å²) in [5.41, 5.74) is 0.685. The average Bonchev–Trinajstić information content (AvgIpc) is 2.57. The third-order valence-electron chi connectivity index (χ3n) is 2.31. The molecule has 5 heteroatoms. The first-order valence-corrected chi connectivity index (χ1v) is 5.22. The van der Waals surface area contributed by atoms with E-state index >= 15 is 0 Å². The van der Waals surface area contributed by atoms with Crippen molar-refractivity contribution in [1.82, 2.24) is 4.73 Å². The number of para-hydroxylation sites is 1. The molecule has 1 N–H and O–H groups in total. The van der Waals surface area contributed by atoms with Crippen LogP contribution in [-0.4, -0.2) is 67.2 Å². The number of hydrogen-bond acceptors (Lipinski definition) is 3. The topological polar surface area (TPSA) is 51.5 Å². The van der Waals surface area contributed by atoms with Gasteiger partial charge in [0.15, 0.2) is 0 Å². The van der Waals surface area contributed by atoms with Crippen molar-refractivity contribution in [1.29, 1.82) is 0 Å². The third kappa shape index (κ3) is 3.32. The van der Waals surface area contributed by atoms with Gasteiger partial charge in [-0.1, -0.05) is 19.1 Å². The Bertz CT molecular complexity index is 521. The van der Waals surface area contributed by atoms with E-state index in [1.165, 1.54) is 10.9 Å². The van der Waals surface area contributed by atoms with Crippen LogP contribution in [0.15, 0.2) is 30.5 Å². The fourth-order valence-corrected chi connectivity index (χ4v) is 1.57. The van der Waals surface area contributed by atoms with Crippen molar-refractivity contribution in [3.05, 3.63) is 30.5 Å². The summed E-state index contributed by atoms with van der Waals surface area (Å²) in [7, 11) is 0. The molecule has 86 valence electrons. The second-order valence-electron chi connectivity index (χ2n) is 3.57. The number of hydrogen-bond donors (Lipinski definition) is 1. The summed E-state index contributed by atoms with van der Waals surface area (Å²) in [5.74, 6) is -0.192. The van der Waals surface area contributed by atoms with Crippen LogP contribution in [0.5, 0.6) is 5.75 Å². The molecule has 1 heterocycles. The summed E-state index contributed by atoms with van der Waals surface area (Å²) in [4.78, 5) is 16.4. The Balaban J connectivity index is 0.00000144. The van der Waals surface area contributed by atoms with Gasteiger partial charge in [-0.3, -0.25) is 0 Å². The van der Waals surface area contributed by atoms with Crippen LogP contribution in [0, 0.1) is 0 Å². The van der Waals surface area contributed by atoms with Gasteiger partial charge in [0.25, 0.3) is 0 Å². The third-order valence-corrected chi connectivity index (χ3v) is 2.31. The Morgan fingerprint density at radius 2 is 2.12 bits per heavy atom. The number of rotatable bonds is 3. The second kappa shape index (κ2) is 6.56. The zero-order valence-electron chi connectivity index (χ0n) is 9.01. The minimum absolute atomic E-state index is 0. The molecule has 0 atom stereocenters. The average molecular weight is 259 g/mol. The second-order valence-corrected chi connectivity index (χ2v) is 3.57. The molecule has 2 aromatic rings. The molecule has 0 aliphatic heterocycles. The van der Waals surface area contributed by atoms with Crippen molar-refractivity contribution < 1.29 is 14.7 Å². The Kier molecular flexibility index (Phi) is 5.68. The molecule has 1 aromatic carbocycles. The molecule has 0 fully saturated rings. The number of fused-ring (bicyclic) bond motifs is 1. The molecule has 0 bridgehead atoms. The first kappa shape index (κ1) is 14.7. The normalized spacial score (nSPS) is 9.94. The molecule has 17 heavy (non-hydrogen) atoms. The van der Waals surface area contributed by atoms with Crippen LogP contribution in [0.1, 0.15) is 19.8 Å². The molecule has 0 radical (unpaired) electrons. The van der Waals surface area contributed by atoms with E-state index in [1.54, 1.807) is 12.1 Å². The Morgan fingerprint density at radius 3 is 2.82 bits per heavy atom. The molecule has 0 aliphatic carbocycles. The Morgan fingerprint density at radius 1 is 1.41 bits per heavy atom. The number of carbonyl (C=O) groups is 1. The van der Waals surface area contributed by atoms with Gasteiger partial charge in [-0.2, -0.15) is 4.73 Å². The van der Waals surface area contributed by atoms with E-state index in [4.69, 9.17) is 4.84 Å². The van der Waals surface area contributed by atoms with Crippen molar-refractivity contribution in [3.8, 4) is 5.75 Å². The molecule has 0 saturated heterocycles. The molecule has 2 rings (SSSR count). The van der Waals surface area contributed by atoms with E-state index in [-0.39, 0.29) is 63.1 Å². The first-order valence-electron chi connectivity index (χ1n) is 5.22. The summed E-state index contributed by atoms with van der Waals surface area (Å²) >= 11 is 0. The van der Waals surface area contributed by atoms with E-state index in [1.807, 2.05) is 19.1 Å². The molecular formula is C12H14KNO3. The summed E-state index contributed by atoms with van der Waals surface area (Å²) in [6.45, 7) is 1.91. The maximum atomic E-state index is 11.3.